The number of aliphatic carboxylic acids is 1. The second-order valence-electron chi connectivity index (χ2n) is 6.18. The van der Waals surface area contributed by atoms with Gasteiger partial charge in [0.15, 0.2) is 0 Å². The standard InChI is InChI=1S/C16H21NO3S/c18-15(14-8-12-2-1-3-13(12)21-14)17-9-10-4-6-11(7-5-10)16(19)20/h8,10-11H,1-7,9H2,(H,17,18)(H,19,20). The lowest BCUT2D eigenvalue weighted by Crippen LogP contribution is -2.32. The average molecular weight is 307 g/mol. The lowest BCUT2D eigenvalue weighted by Gasteiger charge is -2.26. The van der Waals surface area contributed by atoms with Crippen molar-refractivity contribution >= 4 is 23.2 Å². The van der Waals surface area contributed by atoms with Gasteiger partial charge >= 0.3 is 5.97 Å². The molecule has 0 atom stereocenters. The Labute approximate surface area is 128 Å². The third kappa shape index (κ3) is 3.28. The van der Waals surface area contributed by atoms with Gasteiger partial charge in [0.2, 0.25) is 0 Å². The fourth-order valence-electron chi connectivity index (χ4n) is 3.38. The molecule has 2 N–H and O–H groups in total. The van der Waals surface area contributed by atoms with Crippen LogP contribution < -0.4 is 5.32 Å². The molecule has 0 aromatic carbocycles. The molecule has 2 aliphatic carbocycles. The molecule has 0 radical (unpaired) electrons. The highest BCUT2D eigenvalue weighted by molar-refractivity contribution is 7.14. The fourth-order valence-corrected chi connectivity index (χ4v) is 4.55. The summed E-state index contributed by atoms with van der Waals surface area (Å²) in [7, 11) is 0. The van der Waals surface area contributed by atoms with Crippen molar-refractivity contribution in [2.45, 2.75) is 44.9 Å². The highest BCUT2D eigenvalue weighted by Gasteiger charge is 2.26. The van der Waals surface area contributed by atoms with Gasteiger partial charge in [0.05, 0.1) is 10.8 Å². The topological polar surface area (TPSA) is 66.4 Å². The number of nitrogens with one attached hydrogen (secondary N) is 1. The molecule has 5 heteroatoms. The molecule has 1 fully saturated rings. The number of hydrogen-bond donors (Lipinski definition) is 2. The highest BCUT2D eigenvalue weighted by atomic mass is 32.1. The Bertz CT molecular complexity index is 522. The van der Waals surface area contributed by atoms with Crippen molar-refractivity contribution < 1.29 is 14.7 Å². The first-order chi connectivity index (χ1) is 10.1. The van der Waals surface area contributed by atoms with E-state index in [1.54, 1.807) is 11.3 Å². The number of carboxylic acids is 1. The smallest absolute Gasteiger partial charge is 0.306 e. The zero-order chi connectivity index (χ0) is 14.8. The number of thiophene rings is 1. The van der Waals surface area contributed by atoms with Gasteiger partial charge in [-0.25, -0.2) is 0 Å². The second-order valence-corrected chi connectivity index (χ2v) is 7.32. The van der Waals surface area contributed by atoms with Gasteiger partial charge in [-0.3, -0.25) is 9.59 Å². The Morgan fingerprint density at radius 3 is 2.67 bits per heavy atom. The minimum absolute atomic E-state index is 0.0368. The van der Waals surface area contributed by atoms with Gasteiger partial charge in [0, 0.05) is 11.4 Å². The van der Waals surface area contributed by atoms with Crippen molar-refractivity contribution in [3.05, 3.63) is 21.4 Å². The van der Waals surface area contributed by atoms with E-state index in [2.05, 4.69) is 5.32 Å². The molecule has 1 saturated carbocycles. The second kappa shape index (κ2) is 6.18. The van der Waals surface area contributed by atoms with Gasteiger partial charge in [0.1, 0.15) is 0 Å². The maximum atomic E-state index is 12.2. The van der Waals surface area contributed by atoms with E-state index in [0.717, 1.165) is 43.4 Å². The number of amides is 1. The third-order valence-corrected chi connectivity index (χ3v) is 5.95. The van der Waals surface area contributed by atoms with Crippen LogP contribution in [0.2, 0.25) is 0 Å². The van der Waals surface area contributed by atoms with Crippen LogP contribution >= 0.6 is 11.3 Å². The number of carboxylic acid groups (broad SMARTS) is 1. The predicted molar refractivity (Wildman–Crippen MR) is 81.8 cm³/mol. The molecule has 0 saturated heterocycles. The fraction of sp³-hybridized carbons (Fsp3) is 0.625. The quantitative estimate of drug-likeness (QED) is 0.899. The maximum Gasteiger partial charge on any atom is 0.306 e. The predicted octanol–water partition coefficient (Wildman–Crippen LogP) is 2.86. The molecule has 4 nitrogen and oxygen atoms in total. The largest absolute Gasteiger partial charge is 0.481 e. The third-order valence-electron chi connectivity index (χ3n) is 4.72. The molecule has 0 bridgehead atoms. The van der Waals surface area contributed by atoms with Crippen LogP contribution in [0.25, 0.3) is 0 Å². The summed E-state index contributed by atoms with van der Waals surface area (Å²) >= 11 is 1.63. The van der Waals surface area contributed by atoms with Crippen molar-refractivity contribution in [3.8, 4) is 0 Å². The molecule has 0 aliphatic heterocycles. The number of carbonyl (C=O) groups is 2. The van der Waals surface area contributed by atoms with Crippen LogP contribution in [0.4, 0.5) is 0 Å². The van der Waals surface area contributed by atoms with Crippen LogP contribution in [-0.4, -0.2) is 23.5 Å². The van der Waals surface area contributed by atoms with Gasteiger partial charge in [-0.05, 0) is 62.5 Å². The summed E-state index contributed by atoms with van der Waals surface area (Å²) < 4.78 is 0. The lowest BCUT2D eigenvalue weighted by atomic mass is 9.82. The van der Waals surface area contributed by atoms with Crippen molar-refractivity contribution in [1.82, 2.24) is 5.32 Å². The Kier molecular flexibility index (Phi) is 4.29. The average Bonchev–Trinajstić information content (AvgIpc) is 3.06. The molecule has 0 spiro atoms. The van der Waals surface area contributed by atoms with E-state index in [0.29, 0.717) is 12.5 Å². The molecule has 21 heavy (non-hydrogen) atoms. The van der Waals surface area contributed by atoms with Crippen molar-refractivity contribution in [3.63, 3.8) is 0 Å². The molecule has 114 valence electrons. The molecule has 1 amide bonds. The number of carbonyl (C=O) groups excluding carboxylic acids is 1. The van der Waals surface area contributed by atoms with E-state index >= 15 is 0 Å². The van der Waals surface area contributed by atoms with Gasteiger partial charge < -0.3 is 10.4 Å². The summed E-state index contributed by atoms with van der Waals surface area (Å²) in [6, 6.07) is 2.05. The summed E-state index contributed by atoms with van der Waals surface area (Å²) in [5, 5.41) is 12.0. The monoisotopic (exact) mass is 307 g/mol. The SMILES string of the molecule is O=C(NCC1CCC(C(=O)O)CC1)c1cc2c(s1)CCC2. The molecule has 3 rings (SSSR count). The van der Waals surface area contributed by atoms with Crippen LogP contribution in [0.5, 0.6) is 0 Å². The first-order valence-electron chi connectivity index (χ1n) is 7.76. The minimum atomic E-state index is -0.675. The molecule has 2 aliphatic rings. The molecule has 0 unspecified atom stereocenters. The van der Waals surface area contributed by atoms with Crippen molar-refractivity contribution in [1.29, 1.82) is 0 Å². The van der Waals surface area contributed by atoms with Crippen LogP contribution in [0.15, 0.2) is 6.07 Å². The molecular weight excluding hydrogens is 286 g/mol. The molecule has 1 aromatic rings. The van der Waals surface area contributed by atoms with Gasteiger partial charge in [-0.1, -0.05) is 0 Å². The maximum absolute atomic E-state index is 12.2. The van der Waals surface area contributed by atoms with Crippen molar-refractivity contribution in [2.24, 2.45) is 11.8 Å². The zero-order valence-corrected chi connectivity index (χ0v) is 12.9. The van der Waals surface area contributed by atoms with Crippen LogP contribution in [-0.2, 0) is 17.6 Å². The first-order valence-corrected chi connectivity index (χ1v) is 8.57. The Morgan fingerprint density at radius 1 is 1.24 bits per heavy atom. The van der Waals surface area contributed by atoms with E-state index < -0.39 is 5.97 Å². The Hall–Kier alpha value is -1.36. The molecular formula is C16H21NO3S. The van der Waals surface area contributed by atoms with Gasteiger partial charge in [-0.15, -0.1) is 11.3 Å². The van der Waals surface area contributed by atoms with Crippen LogP contribution in [0, 0.1) is 11.8 Å². The van der Waals surface area contributed by atoms with E-state index in [1.807, 2.05) is 6.07 Å². The number of aryl methyl sites for hydroxylation is 2. The molecule has 1 heterocycles. The summed E-state index contributed by atoms with van der Waals surface area (Å²) in [6.07, 6.45) is 6.73. The van der Waals surface area contributed by atoms with E-state index in [4.69, 9.17) is 5.11 Å². The van der Waals surface area contributed by atoms with Crippen LogP contribution in [0.3, 0.4) is 0 Å². The van der Waals surface area contributed by atoms with Gasteiger partial charge in [-0.2, -0.15) is 0 Å². The van der Waals surface area contributed by atoms with E-state index in [9.17, 15) is 9.59 Å². The van der Waals surface area contributed by atoms with Crippen LogP contribution in [0.1, 0.15) is 52.2 Å². The first kappa shape index (κ1) is 14.6. The number of fused-ring (bicyclic) bond motifs is 1. The Morgan fingerprint density at radius 2 is 2.00 bits per heavy atom. The Balaban J connectivity index is 1.47. The summed E-state index contributed by atoms with van der Waals surface area (Å²) in [5.74, 6) is -0.395. The molecule has 1 aromatic heterocycles. The minimum Gasteiger partial charge on any atom is -0.481 e. The number of rotatable bonds is 4. The van der Waals surface area contributed by atoms with E-state index in [1.165, 1.54) is 16.9 Å². The normalized spacial score (nSPS) is 24.6. The van der Waals surface area contributed by atoms with Gasteiger partial charge in [0.25, 0.3) is 5.91 Å². The number of hydrogen-bond acceptors (Lipinski definition) is 3. The highest BCUT2D eigenvalue weighted by Crippen LogP contribution is 2.31. The van der Waals surface area contributed by atoms with Crippen molar-refractivity contribution in [2.75, 3.05) is 6.54 Å². The summed E-state index contributed by atoms with van der Waals surface area (Å²) in [4.78, 5) is 25.3. The summed E-state index contributed by atoms with van der Waals surface area (Å²) in [5.41, 5.74) is 1.35. The lowest BCUT2D eigenvalue weighted by molar-refractivity contribution is -0.143. The summed E-state index contributed by atoms with van der Waals surface area (Å²) in [6.45, 7) is 0.674. The zero-order valence-electron chi connectivity index (χ0n) is 12.1. The van der Waals surface area contributed by atoms with E-state index in [-0.39, 0.29) is 11.8 Å².